The van der Waals surface area contributed by atoms with E-state index in [9.17, 15) is 14.4 Å². The Hall–Kier alpha value is -2.25. The number of rotatable bonds is 7. The number of aromatic amines is 1. The lowest BCUT2D eigenvalue weighted by molar-refractivity contribution is -0.119. The molecule has 1 aliphatic rings. The van der Waals surface area contributed by atoms with Gasteiger partial charge in [-0.2, -0.15) is 0 Å². The first-order chi connectivity index (χ1) is 13.6. The highest BCUT2D eigenvalue weighted by molar-refractivity contribution is 6.52. The molecule has 2 aromatic rings. The second-order valence-corrected chi connectivity index (χ2v) is 9.30. The van der Waals surface area contributed by atoms with E-state index in [1.807, 2.05) is 44.2 Å². The normalized spacial score (nSPS) is 17.3. The van der Waals surface area contributed by atoms with Crippen molar-refractivity contribution in [3.63, 3.8) is 0 Å². The van der Waals surface area contributed by atoms with Gasteiger partial charge in [-0.3, -0.25) is 19.1 Å². The lowest BCUT2D eigenvalue weighted by atomic mass is 10.1. The number of nitrogens with one attached hydrogen (secondary N) is 1. The number of benzene rings is 1. The molecule has 1 amide bonds. The van der Waals surface area contributed by atoms with E-state index in [4.69, 9.17) is 28.9 Å². The summed E-state index contributed by atoms with van der Waals surface area (Å²) in [5.41, 5.74) is 5.71. The lowest BCUT2D eigenvalue weighted by Crippen LogP contribution is -2.43. The SMILES string of the molecule is CC(C)CCN(C(=O)[C@@H]1CC1(Cl)Cl)c1c(N)n(Cc2ccccc2)c(=O)[nH]c1=O. The molecule has 156 valence electrons. The maximum atomic E-state index is 13.1. The van der Waals surface area contributed by atoms with Crippen LogP contribution in [0.2, 0.25) is 0 Å². The van der Waals surface area contributed by atoms with E-state index in [1.165, 1.54) is 9.47 Å². The van der Waals surface area contributed by atoms with Gasteiger partial charge in [0.2, 0.25) is 5.91 Å². The quantitative estimate of drug-likeness (QED) is 0.648. The molecule has 0 saturated heterocycles. The Morgan fingerprint density at radius 1 is 1.31 bits per heavy atom. The average molecular weight is 439 g/mol. The molecule has 7 nitrogen and oxygen atoms in total. The predicted octanol–water partition coefficient (Wildman–Crippen LogP) is 2.74. The summed E-state index contributed by atoms with van der Waals surface area (Å²) >= 11 is 12.2. The van der Waals surface area contributed by atoms with Crippen molar-refractivity contribution in [1.29, 1.82) is 0 Å². The van der Waals surface area contributed by atoms with Crippen molar-refractivity contribution in [2.24, 2.45) is 11.8 Å². The maximum Gasteiger partial charge on any atom is 0.330 e. The van der Waals surface area contributed by atoms with Crippen LogP contribution in [0.25, 0.3) is 0 Å². The number of carbonyl (C=O) groups is 1. The van der Waals surface area contributed by atoms with Gasteiger partial charge < -0.3 is 10.6 Å². The van der Waals surface area contributed by atoms with E-state index in [0.717, 1.165) is 5.56 Å². The third-order valence-electron chi connectivity index (χ3n) is 4.99. The zero-order chi connectivity index (χ0) is 21.3. The number of halogens is 2. The van der Waals surface area contributed by atoms with E-state index in [-0.39, 0.29) is 36.4 Å². The Balaban J connectivity index is 2.04. The maximum absolute atomic E-state index is 13.1. The molecule has 1 heterocycles. The number of anilines is 2. The van der Waals surface area contributed by atoms with Gasteiger partial charge in [-0.05, 0) is 24.3 Å². The van der Waals surface area contributed by atoms with Gasteiger partial charge >= 0.3 is 5.69 Å². The summed E-state index contributed by atoms with van der Waals surface area (Å²) < 4.78 is 0.121. The molecule has 1 atom stereocenters. The number of alkyl halides is 2. The van der Waals surface area contributed by atoms with Crippen LogP contribution in [-0.2, 0) is 11.3 Å². The highest BCUT2D eigenvalue weighted by atomic mass is 35.5. The molecule has 0 aliphatic heterocycles. The van der Waals surface area contributed by atoms with E-state index in [0.29, 0.717) is 12.8 Å². The van der Waals surface area contributed by atoms with Gasteiger partial charge in [0.1, 0.15) is 10.2 Å². The molecule has 3 rings (SSSR count). The highest BCUT2D eigenvalue weighted by Crippen LogP contribution is 2.54. The van der Waals surface area contributed by atoms with Crippen LogP contribution < -0.4 is 21.9 Å². The number of H-pyrrole nitrogens is 1. The number of hydrogen-bond donors (Lipinski definition) is 2. The molecule has 9 heteroatoms. The zero-order valence-corrected chi connectivity index (χ0v) is 17.8. The number of carbonyl (C=O) groups excluding carboxylic acids is 1. The van der Waals surface area contributed by atoms with Crippen LogP contribution in [0.15, 0.2) is 39.9 Å². The third kappa shape index (κ3) is 4.67. The van der Waals surface area contributed by atoms with Crippen molar-refractivity contribution in [2.75, 3.05) is 17.2 Å². The van der Waals surface area contributed by atoms with E-state index >= 15 is 0 Å². The van der Waals surface area contributed by atoms with Crippen molar-refractivity contribution < 1.29 is 4.79 Å². The number of aromatic nitrogens is 2. The van der Waals surface area contributed by atoms with Gasteiger partial charge in [0.25, 0.3) is 5.56 Å². The Morgan fingerprint density at radius 3 is 2.48 bits per heavy atom. The van der Waals surface area contributed by atoms with Gasteiger partial charge in [0.15, 0.2) is 5.69 Å². The highest BCUT2D eigenvalue weighted by Gasteiger charge is 2.57. The monoisotopic (exact) mass is 438 g/mol. The molecule has 1 aromatic heterocycles. The van der Waals surface area contributed by atoms with E-state index < -0.39 is 21.5 Å². The minimum Gasteiger partial charge on any atom is -0.383 e. The average Bonchev–Trinajstić information content (AvgIpc) is 3.29. The Bertz CT molecular complexity index is 1010. The molecule has 3 N–H and O–H groups in total. The standard InChI is InChI=1S/C20H24Cl2N4O3/c1-12(2)8-9-25(18(28)14-10-20(14,21)22)15-16(23)26(19(29)24-17(15)27)11-13-6-4-3-5-7-13/h3-7,12,14H,8-11,23H2,1-2H3,(H,24,27,29)/t14-/m0/s1. The minimum absolute atomic E-state index is 0.0396. The van der Waals surface area contributed by atoms with E-state index in [1.54, 1.807) is 0 Å². The Morgan fingerprint density at radius 2 is 1.93 bits per heavy atom. The lowest BCUT2D eigenvalue weighted by Gasteiger charge is -2.25. The Kier molecular flexibility index (Phi) is 6.10. The third-order valence-corrected chi connectivity index (χ3v) is 5.82. The first kappa shape index (κ1) is 21.5. The summed E-state index contributed by atoms with van der Waals surface area (Å²) in [7, 11) is 0. The molecular weight excluding hydrogens is 415 g/mol. The molecule has 0 unspecified atom stereocenters. The van der Waals surface area contributed by atoms with Crippen LogP contribution in [0, 0.1) is 11.8 Å². The number of nitrogens with zero attached hydrogens (tertiary/aromatic N) is 2. The summed E-state index contributed by atoms with van der Waals surface area (Å²) in [6.45, 7) is 4.46. The van der Waals surface area contributed by atoms with Gasteiger partial charge in [-0.1, -0.05) is 44.2 Å². The summed E-state index contributed by atoms with van der Waals surface area (Å²) in [6.07, 6.45) is 0.960. The first-order valence-corrected chi connectivity index (χ1v) is 10.2. The molecule has 0 spiro atoms. The summed E-state index contributed by atoms with van der Waals surface area (Å²) in [5, 5.41) is 0. The van der Waals surface area contributed by atoms with Crippen molar-refractivity contribution in [1.82, 2.24) is 9.55 Å². The molecule has 1 saturated carbocycles. The fraction of sp³-hybridized carbons (Fsp3) is 0.450. The summed E-state index contributed by atoms with van der Waals surface area (Å²) in [5.74, 6) is -0.740. The number of nitrogens with two attached hydrogens (primary N) is 1. The molecule has 29 heavy (non-hydrogen) atoms. The van der Waals surface area contributed by atoms with Crippen LogP contribution >= 0.6 is 23.2 Å². The first-order valence-electron chi connectivity index (χ1n) is 9.47. The van der Waals surface area contributed by atoms with Gasteiger partial charge in [0, 0.05) is 6.54 Å². The fourth-order valence-electron chi connectivity index (χ4n) is 3.15. The fourth-order valence-corrected chi connectivity index (χ4v) is 3.65. The van der Waals surface area contributed by atoms with Crippen LogP contribution in [0.1, 0.15) is 32.3 Å². The van der Waals surface area contributed by atoms with Crippen LogP contribution in [0.3, 0.4) is 0 Å². The zero-order valence-electron chi connectivity index (χ0n) is 16.3. The molecule has 1 aromatic carbocycles. The van der Waals surface area contributed by atoms with Crippen LogP contribution in [0.4, 0.5) is 11.5 Å². The van der Waals surface area contributed by atoms with Crippen molar-refractivity contribution in [3.8, 4) is 0 Å². The largest absolute Gasteiger partial charge is 0.383 e. The minimum atomic E-state index is -1.13. The smallest absolute Gasteiger partial charge is 0.330 e. The summed E-state index contributed by atoms with van der Waals surface area (Å²) in [6, 6.07) is 9.24. The Labute approximate surface area is 178 Å². The molecule has 1 aliphatic carbocycles. The summed E-state index contributed by atoms with van der Waals surface area (Å²) in [4.78, 5) is 41.7. The van der Waals surface area contributed by atoms with Crippen molar-refractivity contribution in [2.45, 2.75) is 37.6 Å². The van der Waals surface area contributed by atoms with Crippen LogP contribution in [-0.4, -0.2) is 26.3 Å². The molecular formula is C20H24Cl2N4O3. The number of hydrogen-bond acceptors (Lipinski definition) is 4. The van der Waals surface area contributed by atoms with Crippen molar-refractivity contribution >= 4 is 40.6 Å². The van der Waals surface area contributed by atoms with Gasteiger partial charge in [-0.15, -0.1) is 23.2 Å². The second-order valence-electron chi connectivity index (χ2n) is 7.76. The topological polar surface area (TPSA) is 101 Å². The number of amides is 1. The second kappa shape index (κ2) is 8.24. The molecule has 0 bridgehead atoms. The number of nitrogen functional groups attached to an aromatic ring is 1. The van der Waals surface area contributed by atoms with Gasteiger partial charge in [0.05, 0.1) is 12.5 Å². The van der Waals surface area contributed by atoms with Crippen molar-refractivity contribution in [3.05, 3.63) is 56.7 Å². The molecule has 0 radical (unpaired) electrons. The van der Waals surface area contributed by atoms with Gasteiger partial charge in [-0.25, -0.2) is 4.79 Å². The van der Waals surface area contributed by atoms with E-state index in [2.05, 4.69) is 4.98 Å². The molecule has 1 fully saturated rings. The predicted molar refractivity (Wildman–Crippen MR) is 116 cm³/mol. The van der Waals surface area contributed by atoms with Crippen LogP contribution in [0.5, 0.6) is 0 Å².